The third-order valence-electron chi connectivity index (χ3n) is 7.25. The first-order valence-corrected chi connectivity index (χ1v) is 12.4. The fourth-order valence-corrected chi connectivity index (χ4v) is 5.52. The lowest BCUT2D eigenvalue weighted by molar-refractivity contribution is -0.120. The second-order valence-electron chi connectivity index (χ2n) is 9.79. The summed E-state index contributed by atoms with van der Waals surface area (Å²) in [7, 11) is 0. The van der Waals surface area contributed by atoms with Crippen LogP contribution in [0.4, 0.5) is 5.69 Å². The molecule has 1 spiro atoms. The maximum Gasteiger partial charge on any atom is 0.264 e. The molecule has 176 valence electrons. The molecule has 2 heterocycles. The third-order valence-corrected chi connectivity index (χ3v) is 7.51. The quantitative estimate of drug-likeness (QED) is 0.460. The van der Waals surface area contributed by atoms with Crippen molar-refractivity contribution in [2.24, 2.45) is 0 Å². The lowest BCUT2D eigenvalue weighted by atomic mass is 9.74. The average Bonchev–Trinajstić information content (AvgIpc) is 3.13. The van der Waals surface area contributed by atoms with E-state index < -0.39 is 0 Å². The molecule has 0 bridgehead atoms. The Morgan fingerprint density at radius 1 is 0.971 bits per heavy atom. The molecule has 0 radical (unpaired) electrons. The van der Waals surface area contributed by atoms with Crippen molar-refractivity contribution >= 4 is 23.2 Å². The van der Waals surface area contributed by atoms with Gasteiger partial charge in [0, 0.05) is 29.2 Å². The number of ether oxygens (including phenoxy) is 1. The molecule has 0 aliphatic carbocycles. The Kier molecular flexibility index (Phi) is 6.37. The van der Waals surface area contributed by atoms with E-state index in [1.807, 2.05) is 4.90 Å². The zero-order valence-electron chi connectivity index (χ0n) is 19.9. The van der Waals surface area contributed by atoms with E-state index in [-0.39, 0.29) is 17.9 Å². The number of hydrogen-bond acceptors (Lipinski definition) is 3. The predicted molar refractivity (Wildman–Crippen MR) is 138 cm³/mol. The zero-order chi connectivity index (χ0) is 23.7. The van der Waals surface area contributed by atoms with Gasteiger partial charge in [-0.05, 0) is 81.2 Å². The highest BCUT2D eigenvalue weighted by molar-refractivity contribution is 6.30. The van der Waals surface area contributed by atoms with Crippen LogP contribution in [-0.4, -0.2) is 37.0 Å². The minimum atomic E-state index is -0.000816. The highest BCUT2D eigenvalue weighted by Gasteiger charge is 2.46. The van der Waals surface area contributed by atoms with E-state index in [0.29, 0.717) is 10.8 Å². The van der Waals surface area contributed by atoms with Crippen molar-refractivity contribution in [1.29, 1.82) is 0 Å². The number of benzene rings is 3. The minimum Gasteiger partial charge on any atom is -0.484 e. The SMILES string of the molecule is Cc1cccc(CN2CCC3(CC2)CN(C(=O)COc2ccc(Cl)cc2)c2ccc(C)cc23)c1. The third kappa shape index (κ3) is 4.70. The first-order chi connectivity index (χ1) is 16.4. The Morgan fingerprint density at radius 2 is 1.71 bits per heavy atom. The molecule has 34 heavy (non-hydrogen) atoms. The van der Waals surface area contributed by atoms with Crippen LogP contribution in [0.1, 0.15) is 35.1 Å². The van der Waals surface area contributed by atoms with Crippen LogP contribution in [0.15, 0.2) is 66.7 Å². The molecule has 5 heteroatoms. The largest absolute Gasteiger partial charge is 0.484 e. The molecule has 3 aromatic carbocycles. The van der Waals surface area contributed by atoms with E-state index in [1.54, 1.807) is 24.3 Å². The van der Waals surface area contributed by atoms with E-state index in [9.17, 15) is 4.79 Å². The van der Waals surface area contributed by atoms with Gasteiger partial charge < -0.3 is 9.64 Å². The van der Waals surface area contributed by atoms with Gasteiger partial charge in [0.1, 0.15) is 5.75 Å². The van der Waals surface area contributed by atoms with Crippen molar-refractivity contribution in [3.8, 4) is 5.75 Å². The van der Waals surface area contributed by atoms with Gasteiger partial charge in [0.05, 0.1) is 0 Å². The van der Waals surface area contributed by atoms with Gasteiger partial charge in [-0.25, -0.2) is 0 Å². The number of likely N-dealkylation sites (tertiary alicyclic amines) is 1. The van der Waals surface area contributed by atoms with Gasteiger partial charge >= 0.3 is 0 Å². The second-order valence-corrected chi connectivity index (χ2v) is 10.2. The van der Waals surface area contributed by atoms with E-state index in [4.69, 9.17) is 16.3 Å². The summed E-state index contributed by atoms with van der Waals surface area (Å²) in [6, 6.07) is 22.4. The zero-order valence-corrected chi connectivity index (χ0v) is 20.6. The predicted octanol–water partition coefficient (Wildman–Crippen LogP) is 5.92. The van der Waals surface area contributed by atoms with E-state index in [2.05, 4.69) is 61.2 Å². The number of rotatable bonds is 5. The number of amides is 1. The van der Waals surface area contributed by atoms with Crippen molar-refractivity contribution in [3.05, 3.63) is 94.0 Å². The summed E-state index contributed by atoms with van der Waals surface area (Å²) in [4.78, 5) is 17.8. The molecule has 1 fully saturated rings. The van der Waals surface area contributed by atoms with Crippen molar-refractivity contribution in [2.45, 2.75) is 38.6 Å². The van der Waals surface area contributed by atoms with Crippen molar-refractivity contribution in [2.75, 3.05) is 31.1 Å². The molecule has 0 unspecified atom stereocenters. The maximum atomic E-state index is 13.3. The number of carbonyl (C=O) groups excluding carboxylic acids is 1. The Bertz CT molecular complexity index is 1180. The smallest absolute Gasteiger partial charge is 0.264 e. The minimum absolute atomic E-state index is 0.000816. The summed E-state index contributed by atoms with van der Waals surface area (Å²) >= 11 is 5.96. The number of piperidine rings is 1. The van der Waals surface area contributed by atoms with Gasteiger partial charge in [-0.15, -0.1) is 0 Å². The summed E-state index contributed by atoms with van der Waals surface area (Å²) in [5.41, 5.74) is 6.30. The molecule has 1 saturated heterocycles. The normalized spacial score (nSPS) is 17.1. The number of hydrogen-bond donors (Lipinski definition) is 0. The molecule has 0 atom stereocenters. The van der Waals surface area contributed by atoms with E-state index in [1.165, 1.54) is 22.3 Å². The molecular formula is C29H31ClN2O2. The average molecular weight is 475 g/mol. The fourth-order valence-electron chi connectivity index (χ4n) is 5.39. The number of fused-ring (bicyclic) bond motifs is 2. The van der Waals surface area contributed by atoms with Crippen molar-refractivity contribution in [3.63, 3.8) is 0 Å². The molecule has 2 aliphatic rings. The molecule has 1 amide bonds. The molecule has 0 aromatic heterocycles. The summed E-state index contributed by atoms with van der Waals surface area (Å²) < 4.78 is 5.78. The molecule has 0 saturated carbocycles. The van der Waals surface area contributed by atoms with Crippen molar-refractivity contribution < 1.29 is 9.53 Å². The molecule has 5 rings (SSSR count). The van der Waals surface area contributed by atoms with Crippen LogP contribution in [0, 0.1) is 13.8 Å². The number of nitrogens with zero attached hydrogens (tertiary/aromatic N) is 2. The summed E-state index contributed by atoms with van der Waals surface area (Å²) in [5.74, 6) is 0.652. The molecule has 3 aromatic rings. The van der Waals surface area contributed by atoms with Crippen molar-refractivity contribution in [1.82, 2.24) is 4.90 Å². The number of anilines is 1. The number of halogens is 1. The lowest BCUT2D eigenvalue weighted by Crippen LogP contribution is -2.46. The number of carbonyl (C=O) groups is 1. The van der Waals surface area contributed by atoms with E-state index in [0.717, 1.165) is 44.7 Å². The molecular weight excluding hydrogens is 444 g/mol. The van der Waals surface area contributed by atoms with Gasteiger partial charge in [-0.3, -0.25) is 9.69 Å². The highest BCUT2D eigenvalue weighted by Crippen LogP contribution is 2.47. The molecule has 2 aliphatic heterocycles. The molecule has 0 N–H and O–H groups in total. The van der Waals surface area contributed by atoms with Gasteiger partial charge in [0.25, 0.3) is 5.91 Å². The van der Waals surface area contributed by atoms with E-state index >= 15 is 0 Å². The molecule has 4 nitrogen and oxygen atoms in total. The Labute approximate surface area is 207 Å². The maximum absolute atomic E-state index is 13.3. The summed E-state index contributed by atoms with van der Waals surface area (Å²) in [5, 5.41) is 0.651. The first kappa shape index (κ1) is 22.9. The second kappa shape index (κ2) is 9.44. The summed E-state index contributed by atoms with van der Waals surface area (Å²) in [6.07, 6.45) is 2.11. The van der Waals surface area contributed by atoms with Gasteiger partial charge in [0.2, 0.25) is 0 Å². The van der Waals surface area contributed by atoms with Gasteiger partial charge in [-0.1, -0.05) is 59.1 Å². The van der Waals surface area contributed by atoms with Crippen LogP contribution in [0.2, 0.25) is 5.02 Å². The fraction of sp³-hybridized carbons (Fsp3) is 0.345. The van der Waals surface area contributed by atoms with Crippen LogP contribution < -0.4 is 9.64 Å². The Morgan fingerprint density at radius 3 is 2.44 bits per heavy atom. The Balaban J connectivity index is 1.29. The van der Waals surface area contributed by atoms with Gasteiger partial charge in [0.15, 0.2) is 6.61 Å². The van der Waals surface area contributed by atoms with Crippen LogP contribution >= 0.6 is 11.6 Å². The van der Waals surface area contributed by atoms with Crippen LogP contribution in [0.25, 0.3) is 0 Å². The van der Waals surface area contributed by atoms with Gasteiger partial charge in [-0.2, -0.15) is 0 Å². The van der Waals surface area contributed by atoms with Crippen LogP contribution in [0.5, 0.6) is 5.75 Å². The van der Waals surface area contributed by atoms with Crippen LogP contribution in [0.3, 0.4) is 0 Å². The Hall–Kier alpha value is -2.82. The number of aryl methyl sites for hydroxylation is 2. The topological polar surface area (TPSA) is 32.8 Å². The highest BCUT2D eigenvalue weighted by atomic mass is 35.5. The monoisotopic (exact) mass is 474 g/mol. The standard InChI is InChI=1S/C29H31ClN2O2/c1-21-4-3-5-23(16-21)18-31-14-12-29(13-15-31)20-32(27-11-6-22(2)17-26(27)29)28(33)19-34-25-9-7-24(30)8-10-25/h3-11,16-17H,12-15,18-20H2,1-2H3. The van der Waals surface area contributed by atoms with Crippen LogP contribution in [-0.2, 0) is 16.8 Å². The summed E-state index contributed by atoms with van der Waals surface area (Å²) in [6.45, 7) is 8.08. The lowest BCUT2D eigenvalue weighted by Gasteiger charge is -2.40. The first-order valence-electron chi connectivity index (χ1n) is 12.0.